The monoisotopic (exact) mass is 330 g/mol. The Labute approximate surface area is 123 Å². The van der Waals surface area contributed by atoms with Gasteiger partial charge in [-0.25, -0.2) is 0 Å². The second-order valence-corrected chi connectivity index (χ2v) is 6.46. The quantitative estimate of drug-likeness (QED) is 0.506. The van der Waals surface area contributed by atoms with Crippen LogP contribution in [0.15, 0.2) is 18.2 Å². The lowest BCUT2D eigenvalue weighted by molar-refractivity contribution is 0.396. The molecule has 1 unspecified atom stereocenters. The van der Waals surface area contributed by atoms with Crippen molar-refractivity contribution in [2.24, 2.45) is 5.92 Å². The van der Waals surface area contributed by atoms with E-state index >= 15 is 0 Å². The van der Waals surface area contributed by atoms with Crippen molar-refractivity contribution in [2.45, 2.75) is 43.4 Å². The number of alkyl halides is 1. The molecule has 3 heteroatoms. The van der Waals surface area contributed by atoms with Gasteiger partial charge in [-0.3, -0.25) is 0 Å². The Bertz CT molecular complexity index is 386. The molecule has 18 heavy (non-hydrogen) atoms. The molecule has 0 radical (unpaired) electrons. The Hall–Kier alpha value is -0.210. The molecule has 1 nitrogen and oxygen atoms in total. The predicted molar refractivity (Wildman–Crippen MR) is 80.9 cm³/mol. The van der Waals surface area contributed by atoms with Gasteiger partial charge in [0.15, 0.2) is 0 Å². The molecular weight excluding hydrogens is 312 g/mol. The van der Waals surface area contributed by atoms with Gasteiger partial charge in [0, 0.05) is 15.4 Å². The summed E-state index contributed by atoms with van der Waals surface area (Å²) in [4.78, 5) is 0.351. The van der Waals surface area contributed by atoms with Gasteiger partial charge in [-0.1, -0.05) is 53.2 Å². The molecule has 1 aromatic carbocycles. The molecule has 0 aliphatic heterocycles. The molecule has 1 fully saturated rings. The van der Waals surface area contributed by atoms with E-state index in [1.54, 1.807) is 7.11 Å². The first kappa shape index (κ1) is 14.2. The van der Waals surface area contributed by atoms with Crippen LogP contribution in [0.1, 0.15) is 48.9 Å². The third-order valence-electron chi connectivity index (χ3n) is 3.80. The molecule has 0 spiro atoms. The molecule has 0 heterocycles. The van der Waals surface area contributed by atoms with E-state index in [1.807, 2.05) is 18.2 Å². The van der Waals surface area contributed by atoms with E-state index in [-0.39, 0.29) is 0 Å². The Kier molecular flexibility index (Phi) is 5.38. The summed E-state index contributed by atoms with van der Waals surface area (Å²) < 4.78 is 5.45. The van der Waals surface area contributed by atoms with E-state index < -0.39 is 0 Å². The van der Waals surface area contributed by atoms with Crippen LogP contribution in [0.3, 0.4) is 0 Å². The maximum atomic E-state index is 6.11. The van der Waals surface area contributed by atoms with Gasteiger partial charge < -0.3 is 4.74 Å². The van der Waals surface area contributed by atoms with E-state index in [9.17, 15) is 0 Å². The van der Waals surface area contributed by atoms with Crippen LogP contribution in [0, 0.1) is 5.92 Å². The lowest BCUT2D eigenvalue weighted by atomic mass is 9.92. The highest BCUT2D eigenvalue weighted by atomic mass is 79.9. The van der Waals surface area contributed by atoms with Crippen molar-refractivity contribution in [2.75, 3.05) is 7.11 Å². The van der Waals surface area contributed by atoms with Crippen LogP contribution in [0.2, 0.25) is 5.02 Å². The van der Waals surface area contributed by atoms with Gasteiger partial charge in [-0.15, -0.1) is 0 Å². The smallest absolute Gasteiger partial charge is 0.123 e. The van der Waals surface area contributed by atoms with Crippen LogP contribution in [0.25, 0.3) is 0 Å². The predicted octanol–water partition coefficient (Wildman–Crippen LogP) is 5.76. The molecule has 1 aromatic rings. The number of halogens is 2. The number of methoxy groups -OCH3 is 1. The lowest BCUT2D eigenvalue weighted by Gasteiger charge is -2.23. The molecule has 2 rings (SSSR count). The van der Waals surface area contributed by atoms with Crippen LogP contribution >= 0.6 is 27.5 Å². The second-order valence-electron chi connectivity index (χ2n) is 5.04. The van der Waals surface area contributed by atoms with Gasteiger partial charge in [0.2, 0.25) is 0 Å². The van der Waals surface area contributed by atoms with Crippen molar-refractivity contribution in [3.8, 4) is 5.75 Å². The number of rotatable bonds is 3. The SMILES string of the molecule is COc1ccc(Cl)cc1C(Br)C1CCCCCC1. The fourth-order valence-corrected chi connectivity index (χ4v) is 3.85. The van der Waals surface area contributed by atoms with Crippen molar-refractivity contribution in [3.63, 3.8) is 0 Å². The van der Waals surface area contributed by atoms with Crippen molar-refractivity contribution < 1.29 is 4.74 Å². The Balaban J connectivity index is 2.20. The Morgan fingerprint density at radius 3 is 2.50 bits per heavy atom. The highest BCUT2D eigenvalue weighted by Crippen LogP contribution is 2.43. The number of hydrogen-bond acceptors (Lipinski definition) is 1. The molecule has 1 atom stereocenters. The third-order valence-corrected chi connectivity index (χ3v) is 5.28. The molecule has 1 aliphatic rings. The van der Waals surface area contributed by atoms with Crippen molar-refractivity contribution in [3.05, 3.63) is 28.8 Å². The summed E-state index contributed by atoms with van der Waals surface area (Å²) in [5, 5.41) is 0.781. The van der Waals surface area contributed by atoms with Gasteiger partial charge in [0.05, 0.1) is 7.11 Å². The summed E-state index contributed by atoms with van der Waals surface area (Å²) in [7, 11) is 1.72. The first-order valence-corrected chi connectivity index (χ1v) is 7.99. The van der Waals surface area contributed by atoms with Crippen molar-refractivity contribution >= 4 is 27.5 Å². The zero-order valence-corrected chi connectivity index (χ0v) is 13.1. The van der Waals surface area contributed by atoms with Gasteiger partial charge in [0.1, 0.15) is 5.75 Å². The van der Waals surface area contributed by atoms with E-state index in [0.29, 0.717) is 10.7 Å². The van der Waals surface area contributed by atoms with E-state index in [0.717, 1.165) is 10.8 Å². The van der Waals surface area contributed by atoms with E-state index in [1.165, 1.54) is 44.1 Å². The maximum absolute atomic E-state index is 6.11. The normalized spacial score (nSPS) is 19.3. The van der Waals surface area contributed by atoms with E-state index in [2.05, 4.69) is 15.9 Å². The van der Waals surface area contributed by atoms with Gasteiger partial charge in [0.25, 0.3) is 0 Å². The Morgan fingerprint density at radius 1 is 1.22 bits per heavy atom. The highest BCUT2D eigenvalue weighted by Gasteiger charge is 2.24. The van der Waals surface area contributed by atoms with Crippen molar-refractivity contribution in [1.82, 2.24) is 0 Å². The molecule has 1 saturated carbocycles. The van der Waals surface area contributed by atoms with Crippen LogP contribution in [-0.2, 0) is 0 Å². The average molecular weight is 332 g/mol. The minimum Gasteiger partial charge on any atom is -0.496 e. The van der Waals surface area contributed by atoms with Gasteiger partial charge in [-0.2, -0.15) is 0 Å². The first-order valence-electron chi connectivity index (χ1n) is 6.70. The summed E-state index contributed by atoms with van der Waals surface area (Å²) in [6, 6.07) is 5.88. The zero-order chi connectivity index (χ0) is 13.0. The zero-order valence-electron chi connectivity index (χ0n) is 10.8. The third kappa shape index (κ3) is 3.42. The summed E-state index contributed by atoms with van der Waals surface area (Å²) in [6.07, 6.45) is 8.04. The largest absolute Gasteiger partial charge is 0.496 e. The summed E-state index contributed by atoms with van der Waals surface area (Å²) in [6.45, 7) is 0. The average Bonchev–Trinajstić information content (AvgIpc) is 2.66. The topological polar surface area (TPSA) is 9.23 Å². The highest BCUT2D eigenvalue weighted by molar-refractivity contribution is 9.09. The standard InChI is InChI=1S/C15H20BrClO/c1-18-14-9-8-12(17)10-13(14)15(16)11-6-4-2-3-5-7-11/h8-11,15H,2-7H2,1H3. The Morgan fingerprint density at radius 2 is 1.89 bits per heavy atom. The molecule has 0 aromatic heterocycles. The maximum Gasteiger partial charge on any atom is 0.123 e. The summed E-state index contributed by atoms with van der Waals surface area (Å²) >= 11 is 9.98. The molecule has 0 bridgehead atoms. The van der Waals surface area contributed by atoms with Gasteiger partial charge in [-0.05, 0) is 37.0 Å². The fourth-order valence-electron chi connectivity index (χ4n) is 2.78. The van der Waals surface area contributed by atoms with Crippen LogP contribution < -0.4 is 4.74 Å². The molecule has 1 aliphatic carbocycles. The number of ether oxygens (including phenoxy) is 1. The first-order chi connectivity index (χ1) is 8.72. The summed E-state index contributed by atoms with van der Waals surface area (Å²) in [5.41, 5.74) is 1.19. The molecular formula is C15H20BrClO. The fraction of sp³-hybridized carbons (Fsp3) is 0.600. The minimum absolute atomic E-state index is 0.351. The van der Waals surface area contributed by atoms with E-state index in [4.69, 9.17) is 16.3 Å². The molecule has 100 valence electrons. The summed E-state index contributed by atoms with van der Waals surface area (Å²) in [5.74, 6) is 1.63. The van der Waals surface area contributed by atoms with Crippen molar-refractivity contribution in [1.29, 1.82) is 0 Å². The minimum atomic E-state index is 0.351. The molecule has 0 amide bonds. The van der Waals surface area contributed by atoms with Crippen LogP contribution in [0.5, 0.6) is 5.75 Å². The van der Waals surface area contributed by atoms with Crippen LogP contribution in [0.4, 0.5) is 0 Å². The molecule has 0 saturated heterocycles. The van der Waals surface area contributed by atoms with Gasteiger partial charge >= 0.3 is 0 Å². The lowest BCUT2D eigenvalue weighted by Crippen LogP contribution is -2.08. The second kappa shape index (κ2) is 6.81. The number of hydrogen-bond donors (Lipinski definition) is 0. The molecule has 0 N–H and O–H groups in total. The number of benzene rings is 1. The van der Waals surface area contributed by atoms with Crippen LogP contribution in [-0.4, -0.2) is 7.11 Å².